The van der Waals surface area contributed by atoms with E-state index in [1.165, 1.54) is 0 Å². The first-order chi connectivity index (χ1) is 12.2. The number of aliphatic hydroxyl groups is 1. The van der Waals surface area contributed by atoms with Gasteiger partial charge in [-0.15, -0.1) is 0 Å². The maximum atomic E-state index is 9.97. The summed E-state index contributed by atoms with van der Waals surface area (Å²) in [5.74, 6) is 1.04. The van der Waals surface area contributed by atoms with Crippen LogP contribution in [-0.4, -0.2) is 41.9 Å². The normalized spacial score (nSPS) is 11.7. The lowest BCUT2D eigenvalue weighted by atomic mass is 10.1. The lowest BCUT2D eigenvalue weighted by Gasteiger charge is -2.18. The van der Waals surface area contributed by atoms with Gasteiger partial charge in [0.25, 0.3) is 0 Å². The van der Waals surface area contributed by atoms with Gasteiger partial charge >= 0.3 is 0 Å². The SMILES string of the molecule is Cn1cnc2c(NCc3cc(Cl)ccc3O)nc(NCC(C)(C)O)nc21. The quantitative estimate of drug-likeness (QED) is 0.523. The summed E-state index contributed by atoms with van der Waals surface area (Å²) in [6, 6.07) is 4.86. The van der Waals surface area contributed by atoms with Gasteiger partial charge in [0.15, 0.2) is 17.0 Å². The van der Waals surface area contributed by atoms with Crippen molar-refractivity contribution in [1.82, 2.24) is 19.5 Å². The number of phenols is 1. The van der Waals surface area contributed by atoms with Crippen molar-refractivity contribution in [2.24, 2.45) is 7.05 Å². The average Bonchev–Trinajstić information content (AvgIpc) is 2.94. The first kappa shape index (κ1) is 18.2. The highest BCUT2D eigenvalue weighted by molar-refractivity contribution is 6.30. The van der Waals surface area contributed by atoms with E-state index in [4.69, 9.17) is 11.6 Å². The van der Waals surface area contributed by atoms with Crippen molar-refractivity contribution < 1.29 is 10.2 Å². The van der Waals surface area contributed by atoms with Crippen molar-refractivity contribution in [2.75, 3.05) is 17.2 Å². The molecule has 9 heteroatoms. The van der Waals surface area contributed by atoms with E-state index < -0.39 is 5.60 Å². The molecule has 26 heavy (non-hydrogen) atoms. The number of nitrogens with zero attached hydrogens (tertiary/aromatic N) is 4. The summed E-state index contributed by atoms with van der Waals surface area (Å²) < 4.78 is 1.79. The number of phenolic OH excluding ortho intramolecular Hbond substituents is 1. The van der Waals surface area contributed by atoms with Crippen molar-refractivity contribution in [3.05, 3.63) is 35.1 Å². The molecule has 0 fully saturated rings. The van der Waals surface area contributed by atoms with Gasteiger partial charge in [-0.1, -0.05) is 11.6 Å². The van der Waals surface area contributed by atoms with Gasteiger partial charge in [-0.25, -0.2) is 4.98 Å². The van der Waals surface area contributed by atoms with Crippen LogP contribution in [0, 0.1) is 0 Å². The van der Waals surface area contributed by atoms with Gasteiger partial charge in [-0.2, -0.15) is 9.97 Å². The summed E-state index contributed by atoms with van der Waals surface area (Å²) in [6.45, 7) is 4.01. The minimum atomic E-state index is -0.898. The smallest absolute Gasteiger partial charge is 0.226 e. The summed E-state index contributed by atoms with van der Waals surface area (Å²) in [6.07, 6.45) is 1.65. The van der Waals surface area contributed by atoms with Crippen LogP contribution in [0.2, 0.25) is 5.02 Å². The Morgan fingerprint density at radius 3 is 2.73 bits per heavy atom. The molecule has 2 heterocycles. The molecule has 0 aliphatic heterocycles. The predicted octanol–water partition coefficient (Wildman–Crippen LogP) is 2.52. The fourth-order valence-electron chi connectivity index (χ4n) is 2.38. The van der Waals surface area contributed by atoms with E-state index in [9.17, 15) is 10.2 Å². The number of hydrogen-bond donors (Lipinski definition) is 4. The van der Waals surface area contributed by atoms with E-state index in [1.807, 2.05) is 7.05 Å². The van der Waals surface area contributed by atoms with Crippen LogP contribution >= 0.6 is 11.6 Å². The molecule has 3 rings (SSSR count). The molecule has 0 spiro atoms. The van der Waals surface area contributed by atoms with Gasteiger partial charge < -0.3 is 25.4 Å². The highest BCUT2D eigenvalue weighted by Gasteiger charge is 2.16. The third-order valence-corrected chi connectivity index (χ3v) is 3.96. The van der Waals surface area contributed by atoms with Crippen LogP contribution in [0.1, 0.15) is 19.4 Å². The number of aromatic nitrogens is 4. The summed E-state index contributed by atoms with van der Waals surface area (Å²) in [5, 5.41) is 26.6. The molecule has 8 nitrogen and oxygen atoms in total. The van der Waals surface area contributed by atoms with Gasteiger partial charge in [0, 0.05) is 30.7 Å². The zero-order valence-electron chi connectivity index (χ0n) is 14.8. The fourth-order valence-corrected chi connectivity index (χ4v) is 2.57. The number of rotatable bonds is 6. The maximum absolute atomic E-state index is 9.97. The second-order valence-corrected chi connectivity index (χ2v) is 7.15. The third kappa shape index (κ3) is 4.14. The standard InChI is InChI=1S/C17H21ClN6O2/c1-17(2,26)8-20-16-22-14(13-15(23-16)24(3)9-21-13)19-7-10-6-11(18)4-5-12(10)25/h4-6,9,25-26H,7-8H2,1-3H3,(H2,19,20,22,23). The molecule has 3 aromatic rings. The Balaban J connectivity index is 1.89. The third-order valence-electron chi connectivity index (χ3n) is 3.73. The molecule has 0 bridgehead atoms. The van der Waals surface area contributed by atoms with Crippen LogP contribution in [0.3, 0.4) is 0 Å². The Morgan fingerprint density at radius 1 is 1.23 bits per heavy atom. The van der Waals surface area contributed by atoms with Crippen LogP contribution in [0.15, 0.2) is 24.5 Å². The van der Waals surface area contributed by atoms with Crippen molar-refractivity contribution in [1.29, 1.82) is 0 Å². The van der Waals surface area contributed by atoms with Crippen LogP contribution in [-0.2, 0) is 13.6 Å². The largest absolute Gasteiger partial charge is 0.508 e. The molecule has 138 valence electrons. The van der Waals surface area contributed by atoms with Crippen LogP contribution in [0.4, 0.5) is 11.8 Å². The minimum Gasteiger partial charge on any atom is -0.508 e. The van der Waals surface area contributed by atoms with E-state index in [-0.39, 0.29) is 5.75 Å². The number of anilines is 2. The Hall–Kier alpha value is -2.58. The molecule has 0 aliphatic rings. The van der Waals surface area contributed by atoms with Crippen molar-refractivity contribution in [3.63, 3.8) is 0 Å². The highest BCUT2D eigenvalue weighted by Crippen LogP contribution is 2.25. The zero-order chi connectivity index (χ0) is 18.9. The summed E-state index contributed by atoms with van der Waals surface area (Å²) in [4.78, 5) is 13.2. The molecular formula is C17H21ClN6O2. The zero-order valence-corrected chi connectivity index (χ0v) is 15.5. The van der Waals surface area contributed by atoms with Gasteiger partial charge in [0.2, 0.25) is 5.95 Å². The topological polar surface area (TPSA) is 108 Å². The number of hydrogen-bond acceptors (Lipinski definition) is 7. The Bertz CT molecular complexity index is 935. The number of aryl methyl sites for hydroxylation is 1. The molecule has 0 saturated heterocycles. The van der Waals surface area contributed by atoms with E-state index in [0.29, 0.717) is 46.6 Å². The predicted molar refractivity (Wildman–Crippen MR) is 102 cm³/mol. The maximum Gasteiger partial charge on any atom is 0.226 e. The van der Waals surface area contributed by atoms with Gasteiger partial charge in [-0.3, -0.25) is 0 Å². The first-order valence-electron chi connectivity index (χ1n) is 8.09. The van der Waals surface area contributed by atoms with Crippen LogP contribution < -0.4 is 10.6 Å². The van der Waals surface area contributed by atoms with E-state index in [0.717, 1.165) is 0 Å². The Morgan fingerprint density at radius 2 is 2.00 bits per heavy atom. The van der Waals surface area contributed by atoms with E-state index >= 15 is 0 Å². The second kappa shape index (κ2) is 6.97. The number of imidazole rings is 1. The lowest BCUT2D eigenvalue weighted by molar-refractivity contribution is 0.0943. The van der Waals surface area contributed by atoms with Gasteiger partial charge in [-0.05, 0) is 32.0 Å². The molecule has 0 saturated carbocycles. The Kier molecular flexibility index (Phi) is 4.88. The lowest BCUT2D eigenvalue weighted by Crippen LogP contribution is -2.30. The average molecular weight is 377 g/mol. The van der Waals surface area contributed by atoms with E-state index in [1.54, 1.807) is 42.9 Å². The molecule has 0 aliphatic carbocycles. The Labute approximate surface area is 155 Å². The van der Waals surface area contributed by atoms with E-state index in [2.05, 4.69) is 25.6 Å². The first-order valence-corrected chi connectivity index (χ1v) is 8.47. The molecule has 0 amide bonds. The number of aromatic hydroxyl groups is 1. The number of benzene rings is 1. The number of nitrogens with one attached hydrogen (secondary N) is 2. The monoisotopic (exact) mass is 376 g/mol. The minimum absolute atomic E-state index is 0.147. The highest BCUT2D eigenvalue weighted by atomic mass is 35.5. The molecule has 0 atom stereocenters. The van der Waals surface area contributed by atoms with Gasteiger partial charge in [0.1, 0.15) is 5.75 Å². The molecule has 1 aromatic carbocycles. The number of fused-ring (bicyclic) bond motifs is 1. The van der Waals surface area contributed by atoms with Crippen LogP contribution in [0.25, 0.3) is 11.2 Å². The molecule has 0 radical (unpaired) electrons. The van der Waals surface area contributed by atoms with Crippen molar-refractivity contribution in [2.45, 2.75) is 26.0 Å². The second-order valence-electron chi connectivity index (χ2n) is 6.72. The summed E-state index contributed by atoms with van der Waals surface area (Å²) >= 11 is 5.99. The van der Waals surface area contributed by atoms with Crippen molar-refractivity contribution >= 4 is 34.5 Å². The van der Waals surface area contributed by atoms with Gasteiger partial charge in [0.05, 0.1) is 11.9 Å². The molecule has 4 N–H and O–H groups in total. The fraction of sp³-hybridized carbons (Fsp3) is 0.353. The molecule has 2 aromatic heterocycles. The molecular weight excluding hydrogens is 356 g/mol. The number of halogens is 1. The molecule has 0 unspecified atom stereocenters. The summed E-state index contributed by atoms with van der Waals surface area (Å²) in [5.41, 5.74) is 1.01. The van der Waals surface area contributed by atoms with Crippen molar-refractivity contribution in [3.8, 4) is 5.75 Å². The van der Waals surface area contributed by atoms with Crippen LogP contribution in [0.5, 0.6) is 5.75 Å². The summed E-state index contributed by atoms with van der Waals surface area (Å²) in [7, 11) is 1.84.